The molecule has 0 fully saturated rings. The summed E-state index contributed by atoms with van der Waals surface area (Å²) in [6.07, 6.45) is 1.47. The Morgan fingerprint density at radius 2 is 1.95 bits per heavy atom. The Labute approximate surface area is 134 Å². The van der Waals surface area contributed by atoms with E-state index < -0.39 is 5.97 Å². The summed E-state index contributed by atoms with van der Waals surface area (Å²) in [5, 5.41) is 12.4. The van der Waals surface area contributed by atoms with Crippen LogP contribution in [0.3, 0.4) is 0 Å². The largest absolute Gasteiger partial charge is 0.481 e. The van der Waals surface area contributed by atoms with Crippen molar-refractivity contribution in [1.29, 1.82) is 0 Å². The molecule has 1 amide bonds. The van der Waals surface area contributed by atoms with E-state index in [2.05, 4.69) is 19.2 Å². The Morgan fingerprint density at radius 3 is 2.57 bits per heavy atom. The highest BCUT2D eigenvalue weighted by Crippen LogP contribution is 2.36. The number of aliphatic carboxylic acids is 1. The molecule has 0 unspecified atom stereocenters. The van der Waals surface area contributed by atoms with Crippen molar-refractivity contribution in [2.45, 2.75) is 49.7 Å². The van der Waals surface area contributed by atoms with Crippen LogP contribution in [0.5, 0.6) is 0 Å². The zero-order chi connectivity index (χ0) is 15.8. The minimum atomic E-state index is -0.833. The molecular formula is C15H20ClNO3S. The number of carbonyl (C=O) groups excluding carboxylic acids is 1. The summed E-state index contributed by atoms with van der Waals surface area (Å²) in [7, 11) is 0. The van der Waals surface area contributed by atoms with Crippen molar-refractivity contribution in [1.82, 2.24) is 0 Å². The summed E-state index contributed by atoms with van der Waals surface area (Å²) in [5.74, 6) is -0.950. The standard InChI is InChI=1S/C15H20ClNO3S/c1-10(2)21-15-11(16)6-5-7-12(15)17-13(18)8-3-4-9-14(19)20/h5-7,10H,3-4,8-9H2,1-2H3,(H,17,18)(H,19,20). The molecule has 0 radical (unpaired) electrons. The molecule has 0 saturated heterocycles. The quantitative estimate of drug-likeness (QED) is 0.547. The summed E-state index contributed by atoms with van der Waals surface area (Å²) in [4.78, 5) is 23.2. The first-order valence-electron chi connectivity index (χ1n) is 6.87. The lowest BCUT2D eigenvalue weighted by atomic mass is 10.2. The van der Waals surface area contributed by atoms with Crippen LogP contribution in [-0.4, -0.2) is 22.2 Å². The molecule has 0 heterocycles. The van der Waals surface area contributed by atoms with Gasteiger partial charge in [-0.15, -0.1) is 11.8 Å². The van der Waals surface area contributed by atoms with Crippen LogP contribution in [-0.2, 0) is 9.59 Å². The van der Waals surface area contributed by atoms with E-state index in [9.17, 15) is 9.59 Å². The van der Waals surface area contributed by atoms with E-state index in [1.807, 2.05) is 6.07 Å². The van der Waals surface area contributed by atoms with Crippen LogP contribution in [0.1, 0.15) is 39.5 Å². The molecule has 0 aliphatic carbocycles. The fraction of sp³-hybridized carbons (Fsp3) is 0.467. The third kappa shape index (κ3) is 6.87. The number of nitrogens with one attached hydrogen (secondary N) is 1. The molecule has 0 atom stereocenters. The molecule has 1 rings (SSSR count). The first-order valence-corrected chi connectivity index (χ1v) is 8.12. The molecular weight excluding hydrogens is 310 g/mol. The third-order valence-electron chi connectivity index (χ3n) is 2.64. The van der Waals surface area contributed by atoms with Gasteiger partial charge >= 0.3 is 5.97 Å². The summed E-state index contributed by atoms with van der Waals surface area (Å²) < 4.78 is 0. The molecule has 116 valence electrons. The number of carboxylic acid groups (broad SMARTS) is 1. The number of anilines is 1. The Balaban J connectivity index is 2.59. The smallest absolute Gasteiger partial charge is 0.303 e. The van der Waals surface area contributed by atoms with Gasteiger partial charge in [-0.25, -0.2) is 0 Å². The molecule has 1 aromatic rings. The maximum absolute atomic E-state index is 11.9. The van der Waals surface area contributed by atoms with E-state index in [0.29, 0.717) is 35.2 Å². The van der Waals surface area contributed by atoms with E-state index >= 15 is 0 Å². The van der Waals surface area contributed by atoms with Gasteiger partial charge in [0.25, 0.3) is 0 Å². The van der Waals surface area contributed by atoms with Crippen molar-refractivity contribution in [3.63, 3.8) is 0 Å². The van der Waals surface area contributed by atoms with E-state index in [0.717, 1.165) is 4.90 Å². The van der Waals surface area contributed by atoms with Gasteiger partial charge in [0, 0.05) is 23.0 Å². The van der Waals surface area contributed by atoms with E-state index in [4.69, 9.17) is 16.7 Å². The topological polar surface area (TPSA) is 66.4 Å². The summed E-state index contributed by atoms with van der Waals surface area (Å²) in [6.45, 7) is 4.12. The first kappa shape index (κ1) is 17.9. The van der Waals surface area contributed by atoms with Gasteiger partial charge in [-0.3, -0.25) is 9.59 Å². The summed E-state index contributed by atoms with van der Waals surface area (Å²) in [5.41, 5.74) is 0.712. The number of halogens is 1. The Hall–Kier alpha value is -1.20. The third-order valence-corrected chi connectivity index (χ3v) is 4.21. The SMILES string of the molecule is CC(C)Sc1c(Cl)cccc1NC(=O)CCCCC(=O)O. The number of carboxylic acids is 1. The molecule has 0 aliphatic rings. The normalized spacial score (nSPS) is 10.7. The van der Waals surface area contributed by atoms with Crippen molar-refractivity contribution < 1.29 is 14.7 Å². The van der Waals surface area contributed by atoms with Crippen LogP contribution in [0, 0.1) is 0 Å². The number of amides is 1. The first-order chi connectivity index (χ1) is 9.90. The molecule has 0 saturated carbocycles. The molecule has 21 heavy (non-hydrogen) atoms. The van der Waals surface area contributed by atoms with Gasteiger partial charge in [-0.05, 0) is 25.0 Å². The van der Waals surface area contributed by atoms with Gasteiger partial charge in [-0.2, -0.15) is 0 Å². The average Bonchev–Trinajstić information content (AvgIpc) is 2.38. The molecule has 0 aromatic heterocycles. The molecule has 0 spiro atoms. The lowest BCUT2D eigenvalue weighted by molar-refractivity contribution is -0.137. The Morgan fingerprint density at radius 1 is 1.29 bits per heavy atom. The second-order valence-corrected chi connectivity index (χ2v) is 6.93. The number of hydrogen-bond acceptors (Lipinski definition) is 3. The minimum absolute atomic E-state index is 0.0961. The van der Waals surface area contributed by atoms with Gasteiger partial charge in [0.15, 0.2) is 0 Å². The fourth-order valence-corrected chi connectivity index (χ4v) is 2.94. The van der Waals surface area contributed by atoms with E-state index in [1.54, 1.807) is 23.9 Å². The van der Waals surface area contributed by atoms with Crippen molar-refractivity contribution in [3.05, 3.63) is 23.2 Å². The molecule has 1 aromatic carbocycles. The zero-order valence-electron chi connectivity index (χ0n) is 12.2. The Kier molecular flexibility index (Phi) is 7.61. The van der Waals surface area contributed by atoms with Crippen LogP contribution in [0.25, 0.3) is 0 Å². The van der Waals surface area contributed by atoms with E-state index in [1.165, 1.54) is 0 Å². The van der Waals surface area contributed by atoms with Crippen LogP contribution in [0.4, 0.5) is 5.69 Å². The lowest BCUT2D eigenvalue weighted by Gasteiger charge is -2.14. The number of carbonyl (C=O) groups is 2. The number of thioether (sulfide) groups is 1. The molecule has 0 aliphatic heterocycles. The summed E-state index contributed by atoms with van der Waals surface area (Å²) >= 11 is 7.78. The lowest BCUT2D eigenvalue weighted by Crippen LogP contribution is -2.12. The highest BCUT2D eigenvalue weighted by molar-refractivity contribution is 8.00. The summed E-state index contributed by atoms with van der Waals surface area (Å²) in [6, 6.07) is 5.42. The van der Waals surface area contributed by atoms with Gasteiger partial charge in [0.2, 0.25) is 5.91 Å². The van der Waals surface area contributed by atoms with Crippen molar-refractivity contribution in [2.24, 2.45) is 0 Å². The predicted octanol–water partition coefficient (Wildman–Crippen LogP) is 4.42. The molecule has 2 N–H and O–H groups in total. The van der Waals surface area contributed by atoms with Crippen LogP contribution >= 0.6 is 23.4 Å². The monoisotopic (exact) mass is 329 g/mol. The number of rotatable bonds is 8. The number of unbranched alkanes of at least 4 members (excludes halogenated alkanes) is 1. The molecule has 6 heteroatoms. The number of hydrogen-bond donors (Lipinski definition) is 2. The maximum Gasteiger partial charge on any atom is 0.303 e. The van der Waals surface area contributed by atoms with Crippen LogP contribution in [0.15, 0.2) is 23.1 Å². The minimum Gasteiger partial charge on any atom is -0.481 e. The van der Waals surface area contributed by atoms with Gasteiger partial charge in [0.1, 0.15) is 0 Å². The Bertz CT molecular complexity index is 506. The van der Waals surface area contributed by atoms with E-state index in [-0.39, 0.29) is 12.3 Å². The van der Waals surface area contributed by atoms with Crippen molar-refractivity contribution in [3.8, 4) is 0 Å². The fourth-order valence-electron chi connectivity index (χ4n) is 1.74. The van der Waals surface area contributed by atoms with Crippen molar-refractivity contribution >= 4 is 40.9 Å². The van der Waals surface area contributed by atoms with Gasteiger partial charge in [-0.1, -0.05) is 31.5 Å². The van der Waals surface area contributed by atoms with Crippen molar-refractivity contribution in [2.75, 3.05) is 5.32 Å². The second-order valence-electron chi connectivity index (χ2n) is 4.93. The molecule has 4 nitrogen and oxygen atoms in total. The highest BCUT2D eigenvalue weighted by atomic mass is 35.5. The maximum atomic E-state index is 11.9. The van der Waals surface area contributed by atoms with Crippen LogP contribution < -0.4 is 5.32 Å². The van der Waals surface area contributed by atoms with Crippen LogP contribution in [0.2, 0.25) is 5.02 Å². The zero-order valence-corrected chi connectivity index (χ0v) is 13.8. The molecule has 0 bridgehead atoms. The average molecular weight is 330 g/mol. The van der Waals surface area contributed by atoms with Gasteiger partial charge < -0.3 is 10.4 Å². The predicted molar refractivity (Wildman–Crippen MR) is 87.2 cm³/mol. The van der Waals surface area contributed by atoms with Gasteiger partial charge in [0.05, 0.1) is 10.7 Å². The number of benzene rings is 1. The second kappa shape index (κ2) is 8.95. The highest BCUT2D eigenvalue weighted by Gasteiger charge is 2.12.